The van der Waals surface area contributed by atoms with Gasteiger partial charge in [-0.3, -0.25) is 9.59 Å². The summed E-state index contributed by atoms with van der Waals surface area (Å²) < 4.78 is 0. The Balaban J connectivity index is 1.61. The summed E-state index contributed by atoms with van der Waals surface area (Å²) in [6.07, 6.45) is 6.80. The van der Waals surface area contributed by atoms with Crippen molar-refractivity contribution in [1.82, 2.24) is 10.2 Å². The highest BCUT2D eigenvalue weighted by Gasteiger charge is 2.24. The summed E-state index contributed by atoms with van der Waals surface area (Å²) in [5, 5.41) is 3.13. The van der Waals surface area contributed by atoms with Crippen LogP contribution in [0.3, 0.4) is 0 Å². The van der Waals surface area contributed by atoms with Crippen molar-refractivity contribution < 1.29 is 9.59 Å². The molecule has 4 heteroatoms. The number of rotatable bonds is 3. The average Bonchev–Trinajstić information content (AvgIpc) is 2.73. The lowest BCUT2D eigenvalue weighted by Crippen LogP contribution is -2.42. The van der Waals surface area contributed by atoms with Crippen LogP contribution in [0.2, 0.25) is 0 Å². The number of nitrogens with one attached hydrogen (secondary N) is 1. The van der Waals surface area contributed by atoms with Gasteiger partial charge in [-0.2, -0.15) is 0 Å². The Morgan fingerprint density at radius 2 is 2.00 bits per heavy atom. The van der Waals surface area contributed by atoms with Crippen LogP contribution in [0.15, 0.2) is 24.3 Å². The molecule has 1 N–H and O–H groups in total. The van der Waals surface area contributed by atoms with Gasteiger partial charge < -0.3 is 10.2 Å². The molecule has 1 atom stereocenters. The number of fused-ring (bicyclic) bond motifs is 1. The minimum absolute atomic E-state index is 0.0306. The van der Waals surface area contributed by atoms with Gasteiger partial charge in [-0.15, -0.1) is 0 Å². The molecule has 1 aromatic rings. The first-order valence-electron chi connectivity index (χ1n) is 8.39. The van der Waals surface area contributed by atoms with Crippen LogP contribution < -0.4 is 5.32 Å². The molecule has 1 heterocycles. The summed E-state index contributed by atoms with van der Waals surface area (Å²) in [6.45, 7) is 0.922. The Kier molecular flexibility index (Phi) is 4.76. The summed E-state index contributed by atoms with van der Waals surface area (Å²) in [6, 6.07) is 8.43. The normalized spacial score (nSPS) is 21.9. The van der Waals surface area contributed by atoms with Crippen LogP contribution in [0, 0.1) is 0 Å². The Bertz CT molecular complexity index is 556. The fourth-order valence-corrected chi connectivity index (χ4v) is 3.52. The van der Waals surface area contributed by atoms with Crippen molar-refractivity contribution in [2.24, 2.45) is 0 Å². The van der Waals surface area contributed by atoms with Gasteiger partial charge in [0.1, 0.15) is 0 Å². The number of carbonyl (C=O) groups excluding carboxylic acids is 2. The maximum absolute atomic E-state index is 12.3. The van der Waals surface area contributed by atoms with Crippen molar-refractivity contribution >= 4 is 11.8 Å². The largest absolute Gasteiger partial charge is 0.348 e. The van der Waals surface area contributed by atoms with Crippen LogP contribution in [0.5, 0.6) is 0 Å². The highest BCUT2D eigenvalue weighted by atomic mass is 16.2. The summed E-state index contributed by atoms with van der Waals surface area (Å²) in [5.74, 6) is 0.0913. The van der Waals surface area contributed by atoms with E-state index in [4.69, 9.17) is 0 Å². The number of carbonyl (C=O) groups is 2. The van der Waals surface area contributed by atoms with Gasteiger partial charge in [0.25, 0.3) is 0 Å². The fraction of sp³-hybridized carbons (Fsp3) is 0.556. The molecule has 0 radical (unpaired) electrons. The highest BCUT2D eigenvalue weighted by molar-refractivity contribution is 5.85. The van der Waals surface area contributed by atoms with E-state index >= 15 is 0 Å². The van der Waals surface area contributed by atoms with Crippen LogP contribution in [0.1, 0.15) is 55.7 Å². The standard InChI is InChI=1S/C18H24N2O2/c21-17(13-20-12-5-1-2-11-18(20)22)19-16-10-6-8-14-7-3-4-9-15(14)16/h3-4,7,9,16H,1-2,5-6,8,10-13H2,(H,19,21). The van der Waals surface area contributed by atoms with E-state index in [2.05, 4.69) is 23.5 Å². The Morgan fingerprint density at radius 1 is 1.14 bits per heavy atom. The molecule has 0 spiro atoms. The Labute approximate surface area is 131 Å². The predicted molar refractivity (Wildman–Crippen MR) is 85.3 cm³/mol. The van der Waals surface area contributed by atoms with Crippen molar-refractivity contribution in [3.63, 3.8) is 0 Å². The van der Waals surface area contributed by atoms with Crippen LogP contribution in [0.25, 0.3) is 0 Å². The number of hydrogen-bond acceptors (Lipinski definition) is 2. The van der Waals surface area contributed by atoms with E-state index in [9.17, 15) is 9.59 Å². The van der Waals surface area contributed by atoms with Crippen LogP contribution in [-0.2, 0) is 16.0 Å². The Hall–Kier alpha value is -1.84. The maximum atomic E-state index is 12.3. The molecule has 2 amide bonds. The van der Waals surface area contributed by atoms with Crippen molar-refractivity contribution in [3.05, 3.63) is 35.4 Å². The topological polar surface area (TPSA) is 49.4 Å². The van der Waals surface area contributed by atoms with Crippen molar-refractivity contribution in [3.8, 4) is 0 Å². The zero-order valence-electron chi connectivity index (χ0n) is 13.0. The van der Waals surface area contributed by atoms with Crippen molar-refractivity contribution in [1.29, 1.82) is 0 Å². The first-order valence-corrected chi connectivity index (χ1v) is 8.39. The predicted octanol–water partition coefficient (Wildman–Crippen LogP) is 2.58. The van der Waals surface area contributed by atoms with E-state index in [1.54, 1.807) is 4.90 Å². The molecule has 1 aromatic carbocycles. The lowest BCUT2D eigenvalue weighted by atomic mass is 9.88. The molecule has 1 aliphatic heterocycles. The molecular formula is C18H24N2O2. The quantitative estimate of drug-likeness (QED) is 0.932. The third-order valence-electron chi connectivity index (χ3n) is 4.71. The van der Waals surface area contributed by atoms with E-state index in [1.165, 1.54) is 11.1 Å². The monoisotopic (exact) mass is 300 g/mol. The van der Waals surface area contributed by atoms with Crippen molar-refractivity contribution in [2.75, 3.05) is 13.1 Å². The maximum Gasteiger partial charge on any atom is 0.240 e. The second-order valence-corrected chi connectivity index (χ2v) is 6.34. The van der Waals surface area contributed by atoms with Gasteiger partial charge >= 0.3 is 0 Å². The zero-order valence-corrected chi connectivity index (χ0v) is 13.0. The molecule has 1 fully saturated rings. The zero-order chi connectivity index (χ0) is 15.4. The van der Waals surface area contributed by atoms with Gasteiger partial charge in [-0.05, 0) is 43.2 Å². The third kappa shape index (κ3) is 3.49. The van der Waals surface area contributed by atoms with Gasteiger partial charge in [-0.25, -0.2) is 0 Å². The minimum atomic E-state index is -0.0306. The van der Waals surface area contributed by atoms with E-state index in [1.807, 2.05) is 6.07 Å². The first kappa shape index (κ1) is 15.1. The van der Waals surface area contributed by atoms with Gasteiger partial charge in [-0.1, -0.05) is 30.7 Å². The molecule has 22 heavy (non-hydrogen) atoms. The molecule has 0 bridgehead atoms. The van der Waals surface area contributed by atoms with Crippen LogP contribution in [-0.4, -0.2) is 29.8 Å². The molecule has 2 aliphatic rings. The minimum Gasteiger partial charge on any atom is -0.348 e. The number of amides is 2. The first-order chi connectivity index (χ1) is 10.7. The second-order valence-electron chi connectivity index (χ2n) is 6.34. The molecule has 3 rings (SSSR count). The number of hydrogen-bond donors (Lipinski definition) is 1. The second kappa shape index (κ2) is 6.95. The molecule has 118 valence electrons. The fourth-order valence-electron chi connectivity index (χ4n) is 3.52. The highest BCUT2D eigenvalue weighted by Crippen LogP contribution is 2.29. The number of aryl methyl sites for hydroxylation is 1. The molecule has 0 saturated carbocycles. The van der Waals surface area contributed by atoms with Crippen molar-refractivity contribution in [2.45, 2.75) is 51.0 Å². The van der Waals surface area contributed by atoms with Crippen LogP contribution in [0.4, 0.5) is 0 Å². The lowest BCUT2D eigenvalue weighted by molar-refractivity contribution is -0.135. The SMILES string of the molecule is O=C(CN1CCCCCC1=O)NC1CCCc2ccccc21. The molecule has 1 unspecified atom stereocenters. The smallest absolute Gasteiger partial charge is 0.240 e. The summed E-state index contributed by atoms with van der Waals surface area (Å²) in [7, 11) is 0. The molecule has 1 saturated heterocycles. The number of likely N-dealkylation sites (tertiary alicyclic amines) is 1. The van der Waals surface area contributed by atoms with Gasteiger partial charge in [0.2, 0.25) is 11.8 Å². The summed E-state index contributed by atoms with van der Waals surface area (Å²) in [4.78, 5) is 26.0. The van der Waals surface area contributed by atoms with Gasteiger partial charge in [0.05, 0.1) is 12.6 Å². The summed E-state index contributed by atoms with van der Waals surface area (Å²) >= 11 is 0. The average molecular weight is 300 g/mol. The summed E-state index contributed by atoms with van der Waals surface area (Å²) in [5.41, 5.74) is 2.58. The van der Waals surface area contributed by atoms with E-state index in [0.29, 0.717) is 13.0 Å². The van der Waals surface area contributed by atoms with E-state index in [0.717, 1.165) is 38.5 Å². The molecule has 1 aliphatic carbocycles. The third-order valence-corrected chi connectivity index (χ3v) is 4.71. The lowest BCUT2D eigenvalue weighted by Gasteiger charge is -2.28. The molecule has 0 aromatic heterocycles. The Morgan fingerprint density at radius 3 is 2.91 bits per heavy atom. The molecular weight excluding hydrogens is 276 g/mol. The number of benzene rings is 1. The van der Waals surface area contributed by atoms with Crippen LogP contribution >= 0.6 is 0 Å². The molecule has 4 nitrogen and oxygen atoms in total. The van der Waals surface area contributed by atoms with E-state index in [-0.39, 0.29) is 24.4 Å². The van der Waals surface area contributed by atoms with Gasteiger partial charge in [0, 0.05) is 13.0 Å². The van der Waals surface area contributed by atoms with Gasteiger partial charge in [0.15, 0.2) is 0 Å². The van der Waals surface area contributed by atoms with E-state index < -0.39 is 0 Å². The number of nitrogens with zero attached hydrogens (tertiary/aromatic N) is 1.